The van der Waals surface area contributed by atoms with E-state index < -0.39 is 0 Å². The second kappa shape index (κ2) is 8.14. The van der Waals surface area contributed by atoms with Gasteiger partial charge in [0, 0.05) is 29.2 Å². The molecule has 0 aliphatic carbocycles. The van der Waals surface area contributed by atoms with Gasteiger partial charge in [-0.2, -0.15) is 5.26 Å². The maximum atomic E-state index is 10.2. The van der Waals surface area contributed by atoms with E-state index in [1.807, 2.05) is 42.5 Å². The third-order valence-corrected chi connectivity index (χ3v) is 6.32. The van der Waals surface area contributed by atoms with Crippen LogP contribution in [0.2, 0.25) is 5.02 Å². The summed E-state index contributed by atoms with van der Waals surface area (Å²) in [6.07, 6.45) is 2.15. The van der Waals surface area contributed by atoms with Crippen LogP contribution in [0.5, 0.6) is 0 Å². The average molecular weight is 440 g/mol. The molecule has 158 valence electrons. The van der Waals surface area contributed by atoms with E-state index in [1.165, 1.54) is 5.56 Å². The molecule has 0 saturated carbocycles. The number of fused-ring (bicyclic) bond motifs is 1. The van der Waals surface area contributed by atoms with E-state index in [1.54, 1.807) is 0 Å². The fourth-order valence-electron chi connectivity index (χ4n) is 4.34. The highest BCUT2D eigenvalue weighted by Crippen LogP contribution is 2.41. The molecular formula is C26H22ClN5. The van der Waals surface area contributed by atoms with Crippen molar-refractivity contribution in [2.24, 2.45) is 0 Å². The lowest BCUT2D eigenvalue weighted by molar-refractivity contribution is 0.938. The molecule has 2 aromatic carbocycles. The molecule has 4 aromatic rings. The standard InChI is InChI=1S/C26H22ClN5/c1-16-8-10-17(11-9-16)22-14-19(18-6-2-3-7-21(18)27)23-24(30-22)20(15-28)26(31-25(23)29)32-12-4-5-13-32/h2-3,6-11,14H,4-5,12-13H2,1H3,(H2,29,31). The van der Waals surface area contributed by atoms with Crippen LogP contribution >= 0.6 is 11.6 Å². The van der Waals surface area contributed by atoms with E-state index in [-0.39, 0.29) is 0 Å². The number of halogens is 1. The van der Waals surface area contributed by atoms with Gasteiger partial charge in [0.25, 0.3) is 0 Å². The summed E-state index contributed by atoms with van der Waals surface area (Å²) >= 11 is 6.58. The highest BCUT2D eigenvalue weighted by Gasteiger charge is 2.24. The number of nitrogens with zero attached hydrogens (tertiary/aromatic N) is 4. The van der Waals surface area contributed by atoms with Crippen molar-refractivity contribution in [1.82, 2.24) is 9.97 Å². The molecule has 0 spiro atoms. The van der Waals surface area contributed by atoms with E-state index in [0.29, 0.717) is 33.1 Å². The summed E-state index contributed by atoms with van der Waals surface area (Å²) in [4.78, 5) is 11.8. The molecule has 1 fully saturated rings. The summed E-state index contributed by atoms with van der Waals surface area (Å²) in [6.45, 7) is 3.78. The minimum absolute atomic E-state index is 0.360. The van der Waals surface area contributed by atoms with Crippen LogP contribution in [0.3, 0.4) is 0 Å². The number of pyridine rings is 2. The van der Waals surface area contributed by atoms with Gasteiger partial charge in [-0.25, -0.2) is 9.97 Å². The number of anilines is 2. The molecule has 32 heavy (non-hydrogen) atoms. The summed E-state index contributed by atoms with van der Waals surface area (Å²) in [5, 5.41) is 11.4. The van der Waals surface area contributed by atoms with Crippen molar-refractivity contribution >= 4 is 34.1 Å². The highest BCUT2D eigenvalue weighted by atomic mass is 35.5. The molecule has 0 atom stereocenters. The smallest absolute Gasteiger partial charge is 0.151 e. The number of aromatic nitrogens is 2. The number of aryl methyl sites for hydroxylation is 1. The predicted octanol–water partition coefficient (Wildman–Crippen LogP) is 5.98. The van der Waals surface area contributed by atoms with Gasteiger partial charge in [0.05, 0.1) is 16.6 Å². The summed E-state index contributed by atoms with van der Waals surface area (Å²) in [5.41, 5.74) is 12.1. The zero-order chi connectivity index (χ0) is 22.2. The van der Waals surface area contributed by atoms with Crippen molar-refractivity contribution in [3.8, 4) is 28.5 Å². The van der Waals surface area contributed by atoms with Crippen LogP contribution < -0.4 is 10.6 Å². The Hall–Kier alpha value is -3.62. The van der Waals surface area contributed by atoms with Crippen LogP contribution in [0.4, 0.5) is 11.6 Å². The Bertz CT molecular complexity index is 1370. The molecule has 0 unspecified atom stereocenters. The summed E-state index contributed by atoms with van der Waals surface area (Å²) < 4.78 is 0. The number of benzene rings is 2. The molecule has 5 rings (SSSR count). The molecule has 0 amide bonds. The second-order valence-corrected chi connectivity index (χ2v) is 8.53. The first-order chi connectivity index (χ1) is 15.6. The lowest BCUT2D eigenvalue weighted by atomic mass is 9.96. The van der Waals surface area contributed by atoms with Crippen LogP contribution in [-0.2, 0) is 0 Å². The number of nitriles is 1. The SMILES string of the molecule is Cc1ccc(-c2cc(-c3ccccc3Cl)c3c(N)nc(N4CCCC4)c(C#N)c3n2)cc1. The van der Waals surface area contributed by atoms with E-state index in [4.69, 9.17) is 22.3 Å². The lowest BCUT2D eigenvalue weighted by Gasteiger charge is -2.21. The Morgan fingerprint density at radius 2 is 1.72 bits per heavy atom. The minimum Gasteiger partial charge on any atom is -0.383 e. The first-order valence-corrected chi connectivity index (χ1v) is 11.1. The van der Waals surface area contributed by atoms with Crippen LogP contribution in [-0.4, -0.2) is 23.1 Å². The van der Waals surface area contributed by atoms with Crippen molar-refractivity contribution in [3.05, 3.63) is 70.7 Å². The van der Waals surface area contributed by atoms with Gasteiger partial charge in [0.15, 0.2) is 5.82 Å². The maximum absolute atomic E-state index is 10.2. The zero-order valence-corrected chi connectivity index (χ0v) is 18.5. The molecular weight excluding hydrogens is 418 g/mol. The normalized spacial score (nSPS) is 13.5. The third-order valence-electron chi connectivity index (χ3n) is 5.99. The van der Waals surface area contributed by atoms with Gasteiger partial charge in [-0.3, -0.25) is 0 Å². The molecule has 0 radical (unpaired) electrons. The van der Waals surface area contributed by atoms with Gasteiger partial charge < -0.3 is 10.6 Å². The fraction of sp³-hybridized carbons (Fsp3) is 0.192. The Morgan fingerprint density at radius 1 is 1.00 bits per heavy atom. The molecule has 0 bridgehead atoms. The van der Waals surface area contributed by atoms with Gasteiger partial charge >= 0.3 is 0 Å². The zero-order valence-electron chi connectivity index (χ0n) is 17.8. The quantitative estimate of drug-likeness (QED) is 0.424. The monoisotopic (exact) mass is 439 g/mol. The Kier molecular flexibility index (Phi) is 5.16. The van der Waals surface area contributed by atoms with E-state index >= 15 is 0 Å². The lowest BCUT2D eigenvalue weighted by Crippen LogP contribution is -2.21. The number of nitrogen functional groups attached to an aromatic ring is 1. The molecule has 1 saturated heterocycles. The average Bonchev–Trinajstić information content (AvgIpc) is 3.34. The van der Waals surface area contributed by atoms with Crippen molar-refractivity contribution in [1.29, 1.82) is 5.26 Å². The topological polar surface area (TPSA) is 78.8 Å². The molecule has 6 heteroatoms. The number of rotatable bonds is 3. The van der Waals surface area contributed by atoms with Gasteiger partial charge in [-0.15, -0.1) is 0 Å². The van der Waals surface area contributed by atoms with Crippen LogP contribution in [0.25, 0.3) is 33.3 Å². The van der Waals surface area contributed by atoms with E-state index in [0.717, 1.165) is 48.3 Å². The Balaban J connectivity index is 1.88. The Morgan fingerprint density at radius 3 is 2.41 bits per heavy atom. The number of hydrogen-bond donors (Lipinski definition) is 1. The van der Waals surface area contributed by atoms with Crippen molar-refractivity contribution in [2.75, 3.05) is 23.7 Å². The fourth-order valence-corrected chi connectivity index (χ4v) is 4.58. The predicted molar refractivity (Wildman–Crippen MR) is 131 cm³/mol. The number of hydrogen-bond acceptors (Lipinski definition) is 5. The molecule has 2 N–H and O–H groups in total. The van der Waals surface area contributed by atoms with Crippen molar-refractivity contribution in [3.63, 3.8) is 0 Å². The number of nitrogens with two attached hydrogens (primary N) is 1. The van der Waals surface area contributed by atoms with Gasteiger partial charge in [0.1, 0.15) is 17.5 Å². The first kappa shape index (κ1) is 20.3. The van der Waals surface area contributed by atoms with E-state index in [9.17, 15) is 5.26 Å². The molecule has 1 aliphatic heterocycles. The molecule has 2 aromatic heterocycles. The second-order valence-electron chi connectivity index (χ2n) is 8.13. The minimum atomic E-state index is 0.360. The third kappa shape index (κ3) is 3.43. The largest absolute Gasteiger partial charge is 0.383 e. The molecule has 1 aliphatic rings. The van der Waals surface area contributed by atoms with Crippen molar-refractivity contribution in [2.45, 2.75) is 19.8 Å². The summed E-state index contributed by atoms with van der Waals surface area (Å²) in [6, 6.07) is 20.2. The highest BCUT2D eigenvalue weighted by molar-refractivity contribution is 6.34. The Labute approximate surface area is 192 Å². The van der Waals surface area contributed by atoms with Crippen LogP contribution in [0.1, 0.15) is 24.0 Å². The molecule has 3 heterocycles. The molecule has 5 nitrogen and oxygen atoms in total. The summed E-state index contributed by atoms with van der Waals surface area (Å²) in [7, 11) is 0. The van der Waals surface area contributed by atoms with Crippen molar-refractivity contribution < 1.29 is 0 Å². The van der Waals surface area contributed by atoms with Gasteiger partial charge in [-0.05, 0) is 37.5 Å². The maximum Gasteiger partial charge on any atom is 0.151 e. The van der Waals surface area contributed by atoms with Gasteiger partial charge in [-0.1, -0.05) is 59.6 Å². The van der Waals surface area contributed by atoms with E-state index in [2.05, 4.69) is 35.0 Å². The van der Waals surface area contributed by atoms with Crippen LogP contribution in [0.15, 0.2) is 54.6 Å². The summed E-state index contributed by atoms with van der Waals surface area (Å²) in [5.74, 6) is 0.979. The van der Waals surface area contributed by atoms with Gasteiger partial charge in [0.2, 0.25) is 0 Å². The van der Waals surface area contributed by atoms with Crippen LogP contribution in [0, 0.1) is 18.3 Å². The first-order valence-electron chi connectivity index (χ1n) is 10.7.